The van der Waals surface area contributed by atoms with E-state index >= 15 is 0 Å². The quantitative estimate of drug-likeness (QED) is 0.198. The van der Waals surface area contributed by atoms with Crippen molar-refractivity contribution in [1.82, 2.24) is 4.57 Å². The average Bonchev–Trinajstić information content (AvgIpc) is 3.49. The molecule has 9 aromatic rings. The molecule has 0 saturated carbocycles. The van der Waals surface area contributed by atoms with Crippen molar-refractivity contribution in [3.63, 3.8) is 0 Å². The Kier molecular flexibility index (Phi) is 6.84. The van der Waals surface area contributed by atoms with Crippen LogP contribution in [0.25, 0.3) is 71.6 Å². The number of anilines is 2. The number of hydrogen-bond donors (Lipinski definition) is 1. The molecule has 0 radical (unpaired) electrons. The molecule has 1 aromatic heterocycles. The highest BCUT2D eigenvalue weighted by molar-refractivity contribution is 6.10. The van der Waals surface area contributed by atoms with Crippen LogP contribution in [0.5, 0.6) is 0 Å². The van der Waals surface area contributed by atoms with E-state index in [1.165, 1.54) is 66.0 Å². The molecule has 0 fully saturated rings. The first-order valence-electron chi connectivity index (χ1n) is 16.4. The standard InChI is InChI=1S/C46H32N2/c1-2-15-39(16-3-1)47-44-19-8-6-17-41(44)38-14-10-13-35(30-38)37-25-28-46-43(31-37)42-18-7-9-20-45(42)48(46)40-26-23-33(24-27-40)36-22-21-32-11-4-5-12-34(32)29-36/h1-31,47H. The third-order valence-corrected chi connectivity index (χ3v) is 9.37. The van der Waals surface area contributed by atoms with Gasteiger partial charge in [0.05, 0.1) is 11.0 Å². The van der Waals surface area contributed by atoms with E-state index < -0.39 is 0 Å². The van der Waals surface area contributed by atoms with Crippen LogP contribution in [0.3, 0.4) is 0 Å². The monoisotopic (exact) mass is 612 g/mol. The normalized spacial score (nSPS) is 11.3. The molecule has 0 aliphatic rings. The van der Waals surface area contributed by atoms with Crippen LogP contribution in [0.4, 0.5) is 11.4 Å². The summed E-state index contributed by atoms with van der Waals surface area (Å²) < 4.78 is 2.39. The van der Waals surface area contributed by atoms with E-state index in [0.717, 1.165) is 17.1 Å². The Hall–Kier alpha value is -6.38. The number of benzene rings is 8. The summed E-state index contributed by atoms with van der Waals surface area (Å²) in [5.41, 5.74) is 12.9. The van der Waals surface area contributed by atoms with Crippen molar-refractivity contribution in [1.29, 1.82) is 0 Å². The number of nitrogens with zero attached hydrogens (tertiary/aromatic N) is 1. The minimum Gasteiger partial charge on any atom is -0.355 e. The minimum atomic E-state index is 1.08. The largest absolute Gasteiger partial charge is 0.355 e. The molecule has 0 bridgehead atoms. The van der Waals surface area contributed by atoms with Crippen LogP contribution in [0, 0.1) is 0 Å². The predicted molar refractivity (Wildman–Crippen MR) is 204 cm³/mol. The molecule has 1 N–H and O–H groups in total. The summed E-state index contributed by atoms with van der Waals surface area (Å²) in [6.07, 6.45) is 0. The van der Waals surface area contributed by atoms with Gasteiger partial charge in [0.2, 0.25) is 0 Å². The summed E-state index contributed by atoms with van der Waals surface area (Å²) in [7, 11) is 0. The lowest BCUT2D eigenvalue weighted by Crippen LogP contribution is -1.94. The maximum atomic E-state index is 3.61. The van der Waals surface area contributed by atoms with Gasteiger partial charge in [0, 0.05) is 33.4 Å². The second kappa shape index (κ2) is 11.8. The van der Waals surface area contributed by atoms with Gasteiger partial charge in [-0.15, -0.1) is 0 Å². The Morgan fingerprint density at radius 2 is 1.00 bits per heavy atom. The van der Waals surface area contributed by atoms with Gasteiger partial charge in [-0.3, -0.25) is 0 Å². The molecule has 2 nitrogen and oxygen atoms in total. The fourth-order valence-corrected chi connectivity index (χ4v) is 6.99. The van der Waals surface area contributed by atoms with Crippen molar-refractivity contribution >= 4 is 44.0 Å². The van der Waals surface area contributed by atoms with Gasteiger partial charge in [-0.05, 0) is 99.3 Å². The van der Waals surface area contributed by atoms with Crippen LogP contribution in [0.15, 0.2) is 188 Å². The van der Waals surface area contributed by atoms with Gasteiger partial charge in [0.1, 0.15) is 0 Å². The molecule has 8 aromatic carbocycles. The molecule has 48 heavy (non-hydrogen) atoms. The van der Waals surface area contributed by atoms with Crippen molar-refractivity contribution in [3.05, 3.63) is 188 Å². The van der Waals surface area contributed by atoms with Crippen molar-refractivity contribution in [2.45, 2.75) is 0 Å². The zero-order chi connectivity index (χ0) is 31.9. The predicted octanol–water partition coefficient (Wildman–Crippen LogP) is 12.7. The fourth-order valence-electron chi connectivity index (χ4n) is 6.99. The molecule has 226 valence electrons. The fraction of sp³-hybridized carbons (Fsp3) is 0. The van der Waals surface area contributed by atoms with E-state index in [0.29, 0.717) is 0 Å². The topological polar surface area (TPSA) is 17.0 Å². The molecule has 0 aliphatic carbocycles. The van der Waals surface area contributed by atoms with Gasteiger partial charge in [-0.2, -0.15) is 0 Å². The highest BCUT2D eigenvalue weighted by Crippen LogP contribution is 2.37. The second-order valence-corrected chi connectivity index (χ2v) is 12.3. The zero-order valence-electron chi connectivity index (χ0n) is 26.3. The molecule has 1 heterocycles. The Labute approximate surface area is 280 Å². The molecular formula is C46H32N2. The average molecular weight is 613 g/mol. The van der Waals surface area contributed by atoms with Crippen LogP contribution >= 0.6 is 0 Å². The maximum absolute atomic E-state index is 3.61. The smallest absolute Gasteiger partial charge is 0.0541 e. The number of nitrogens with one attached hydrogen (secondary N) is 1. The second-order valence-electron chi connectivity index (χ2n) is 12.3. The van der Waals surface area contributed by atoms with Gasteiger partial charge in [0.25, 0.3) is 0 Å². The molecule has 0 unspecified atom stereocenters. The number of hydrogen-bond acceptors (Lipinski definition) is 1. The summed E-state index contributed by atoms with van der Waals surface area (Å²) in [5.74, 6) is 0. The van der Waals surface area contributed by atoms with E-state index in [2.05, 4.69) is 192 Å². The summed E-state index contributed by atoms with van der Waals surface area (Å²) in [6.45, 7) is 0. The molecule has 0 spiro atoms. The van der Waals surface area contributed by atoms with E-state index in [1.807, 2.05) is 6.07 Å². The summed E-state index contributed by atoms with van der Waals surface area (Å²) in [5, 5.41) is 8.63. The lowest BCUT2D eigenvalue weighted by atomic mass is 9.97. The molecule has 0 atom stereocenters. The van der Waals surface area contributed by atoms with Crippen LogP contribution in [0.2, 0.25) is 0 Å². The van der Waals surface area contributed by atoms with Crippen LogP contribution in [-0.4, -0.2) is 4.57 Å². The first kappa shape index (κ1) is 27.9. The Bertz CT molecular complexity index is 2580. The van der Waals surface area contributed by atoms with Crippen molar-refractivity contribution in [2.24, 2.45) is 0 Å². The van der Waals surface area contributed by atoms with Crippen LogP contribution < -0.4 is 5.32 Å². The third kappa shape index (κ3) is 5.01. The number of aromatic nitrogens is 1. The van der Waals surface area contributed by atoms with Crippen LogP contribution in [0.1, 0.15) is 0 Å². The molecule has 9 rings (SSSR count). The molecular weight excluding hydrogens is 581 g/mol. The van der Waals surface area contributed by atoms with Gasteiger partial charge in [-0.25, -0.2) is 0 Å². The number of fused-ring (bicyclic) bond motifs is 4. The highest BCUT2D eigenvalue weighted by atomic mass is 15.0. The highest BCUT2D eigenvalue weighted by Gasteiger charge is 2.14. The van der Waals surface area contributed by atoms with Gasteiger partial charge < -0.3 is 9.88 Å². The first-order chi connectivity index (χ1) is 23.8. The Morgan fingerprint density at radius 3 is 1.90 bits per heavy atom. The molecule has 0 amide bonds. The van der Waals surface area contributed by atoms with Gasteiger partial charge in [-0.1, -0.05) is 127 Å². The Balaban J connectivity index is 1.10. The van der Waals surface area contributed by atoms with E-state index in [9.17, 15) is 0 Å². The van der Waals surface area contributed by atoms with E-state index in [1.54, 1.807) is 0 Å². The molecule has 0 saturated heterocycles. The minimum absolute atomic E-state index is 1.08. The number of para-hydroxylation sites is 3. The summed E-state index contributed by atoms with van der Waals surface area (Å²) in [4.78, 5) is 0. The van der Waals surface area contributed by atoms with Gasteiger partial charge in [0.15, 0.2) is 0 Å². The van der Waals surface area contributed by atoms with Crippen molar-refractivity contribution < 1.29 is 0 Å². The maximum Gasteiger partial charge on any atom is 0.0541 e. The third-order valence-electron chi connectivity index (χ3n) is 9.37. The van der Waals surface area contributed by atoms with Crippen molar-refractivity contribution in [2.75, 3.05) is 5.32 Å². The lowest BCUT2D eigenvalue weighted by molar-refractivity contribution is 1.18. The van der Waals surface area contributed by atoms with Gasteiger partial charge >= 0.3 is 0 Å². The molecule has 0 aliphatic heterocycles. The van der Waals surface area contributed by atoms with Crippen LogP contribution in [-0.2, 0) is 0 Å². The zero-order valence-corrected chi connectivity index (χ0v) is 26.3. The lowest BCUT2D eigenvalue weighted by Gasteiger charge is -2.13. The molecule has 2 heteroatoms. The van der Waals surface area contributed by atoms with E-state index in [4.69, 9.17) is 0 Å². The first-order valence-corrected chi connectivity index (χ1v) is 16.4. The Morgan fingerprint density at radius 1 is 0.354 bits per heavy atom. The van der Waals surface area contributed by atoms with E-state index in [-0.39, 0.29) is 0 Å². The summed E-state index contributed by atoms with van der Waals surface area (Å²) >= 11 is 0. The SMILES string of the molecule is c1ccc(Nc2ccccc2-c2cccc(-c3ccc4c(c3)c3ccccc3n4-c3ccc(-c4ccc5ccccc5c4)cc3)c2)cc1. The van der Waals surface area contributed by atoms with Crippen molar-refractivity contribution in [3.8, 4) is 39.1 Å². The number of rotatable bonds is 6. The summed E-state index contributed by atoms with van der Waals surface area (Å²) in [6, 6.07) is 67.6.